The largest absolute Gasteiger partial charge is 0.351 e. The van der Waals surface area contributed by atoms with Crippen LogP contribution in [0.2, 0.25) is 0 Å². The summed E-state index contributed by atoms with van der Waals surface area (Å²) in [6.45, 7) is 5.05. The van der Waals surface area contributed by atoms with Crippen LogP contribution in [-0.2, 0) is 13.0 Å². The lowest BCUT2D eigenvalue weighted by Crippen LogP contribution is -2.27. The fourth-order valence-electron chi connectivity index (χ4n) is 2.21. The van der Waals surface area contributed by atoms with Crippen LogP contribution in [0.1, 0.15) is 40.8 Å². The van der Waals surface area contributed by atoms with Crippen molar-refractivity contribution in [3.8, 4) is 0 Å². The molecule has 0 aliphatic heterocycles. The SMILES string of the molecule is CCCc1nnsc1C(=O)NCCCn1c(C)cccc1=O. The number of hydrogen-bond acceptors (Lipinski definition) is 5. The first-order valence-electron chi connectivity index (χ1n) is 7.39. The van der Waals surface area contributed by atoms with Crippen LogP contribution in [0.4, 0.5) is 0 Å². The number of aromatic nitrogens is 3. The molecule has 0 spiro atoms. The highest BCUT2D eigenvalue weighted by Gasteiger charge is 2.14. The quantitative estimate of drug-likeness (QED) is 0.789. The topological polar surface area (TPSA) is 76.9 Å². The van der Waals surface area contributed by atoms with Crippen LogP contribution in [-0.4, -0.2) is 26.6 Å². The fourth-order valence-corrected chi connectivity index (χ4v) is 2.84. The third kappa shape index (κ3) is 4.00. The van der Waals surface area contributed by atoms with E-state index in [1.807, 2.05) is 19.9 Å². The van der Waals surface area contributed by atoms with Crippen LogP contribution in [0.3, 0.4) is 0 Å². The van der Waals surface area contributed by atoms with Gasteiger partial charge in [-0.05, 0) is 37.4 Å². The number of rotatable bonds is 7. The molecule has 0 bridgehead atoms. The van der Waals surface area contributed by atoms with Crippen molar-refractivity contribution in [2.24, 2.45) is 0 Å². The smallest absolute Gasteiger partial charge is 0.264 e. The third-order valence-corrected chi connectivity index (χ3v) is 4.13. The molecule has 1 N–H and O–H groups in total. The van der Waals surface area contributed by atoms with Crippen LogP contribution >= 0.6 is 11.5 Å². The summed E-state index contributed by atoms with van der Waals surface area (Å²) >= 11 is 1.13. The van der Waals surface area contributed by atoms with Crippen molar-refractivity contribution >= 4 is 17.4 Å². The monoisotopic (exact) mass is 320 g/mol. The number of pyridine rings is 1. The van der Waals surface area contributed by atoms with Crippen molar-refractivity contribution < 1.29 is 4.79 Å². The molecule has 0 aliphatic rings. The number of carbonyl (C=O) groups is 1. The highest BCUT2D eigenvalue weighted by Crippen LogP contribution is 2.12. The molecule has 0 radical (unpaired) electrons. The van der Waals surface area contributed by atoms with Crippen molar-refractivity contribution in [2.45, 2.75) is 39.7 Å². The van der Waals surface area contributed by atoms with E-state index in [1.165, 1.54) is 0 Å². The molecule has 2 aromatic heterocycles. The van der Waals surface area contributed by atoms with E-state index in [2.05, 4.69) is 14.9 Å². The first-order chi connectivity index (χ1) is 10.6. The van der Waals surface area contributed by atoms with Crippen molar-refractivity contribution in [1.82, 2.24) is 19.5 Å². The van der Waals surface area contributed by atoms with Gasteiger partial charge in [0.2, 0.25) is 0 Å². The van der Waals surface area contributed by atoms with Crippen molar-refractivity contribution in [1.29, 1.82) is 0 Å². The first-order valence-corrected chi connectivity index (χ1v) is 8.16. The molecule has 2 rings (SSSR count). The zero-order chi connectivity index (χ0) is 15.9. The Hall–Kier alpha value is -2.02. The fraction of sp³-hybridized carbons (Fsp3) is 0.467. The maximum absolute atomic E-state index is 12.1. The van der Waals surface area contributed by atoms with Gasteiger partial charge in [-0.1, -0.05) is 23.9 Å². The number of aryl methyl sites for hydroxylation is 2. The molecule has 6 nitrogen and oxygen atoms in total. The molecule has 0 saturated carbocycles. The average molecular weight is 320 g/mol. The highest BCUT2D eigenvalue weighted by molar-refractivity contribution is 7.08. The van der Waals surface area contributed by atoms with Gasteiger partial charge in [0, 0.05) is 24.8 Å². The lowest BCUT2D eigenvalue weighted by molar-refractivity contribution is 0.0955. The average Bonchev–Trinajstić information content (AvgIpc) is 2.94. The molecule has 7 heteroatoms. The van der Waals surface area contributed by atoms with Gasteiger partial charge in [-0.25, -0.2) is 0 Å². The molecular formula is C15H20N4O2S. The van der Waals surface area contributed by atoms with Gasteiger partial charge >= 0.3 is 0 Å². The summed E-state index contributed by atoms with van der Waals surface area (Å²) in [7, 11) is 0. The minimum atomic E-state index is -0.129. The van der Waals surface area contributed by atoms with E-state index in [4.69, 9.17) is 0 Å². The van der Waals surface area contributed by atoms with E-state index in [0.29, 0.717) is 24.4 Å². The Morgan fingerprint density at radius 3 is 2.95 bits per heavy atom. The van der Waals surface area contributed by atoms with Gasteiger partial charge in [0.1, 0.15) is 4.88 Å². The Kier molecular flexibility index (Phi) is 5.83. The summed E-state index contributed by atoms with van der Waals surface area (Å²) in [6.07, 6.45) is 2.39. The van der Waals surface area contributed by atoms with Crippen LogP contribution in [0.5, 0.6) is 0 Å². The van der Waals surface area contributed by atoms with Crippen molar-refractivity contribution in [2.75, 3.05) is 6.54 Å². The molecule has 0 unspecified atom stereocenters. The van der Waals surface area contributed by atoms with Gasteiger partial charge in [0.25, 0.3) is 11.5 Å². The van der Waals surface area contributed by atoms with Gasteiger partial charge < -0.3 is 9.88 Å². The molecule has 2 heterocycles. The minimum Gasteiger partial charge on any atom is -0.351 e. The predicted molar refractivity (Wildman–Crippen MR) is 86.3 cm³/mol. The molecule has 2 aromatic rings. The zero-order valence-electron chi connectivity index (χ0n) is 12.8. The van der Waals surface area contributed by atoms with E-state index in [9.17, 15) is 9.59 Å². The molecule has 22 heavy (non-hydrogen) atoms. The van der Waals surface area contributed by atoms with Crippen LogP contribution < -0.4 is 10.9 Å². The van der Waals surface area contributed by atoms with Crippen LogP contribution in [0, 0.1) is 6.92 Å². The van der Waals surface area contributed by atoms with Crippen molar-refractivity contribution in [3.05, 3.63) is 44.8 Å². The molecule has 118 valence electrons. The van der Waals surface area contributed by atoms with Gasteiger partial charge in [-0.2, -0.15) is 0 Å². The number of amides is 1. The Morgan fingerprint density at radius 2 is 2.23 bits per heavy atom. The summed E-state index contributed by atoms with van der Waals surface area (Å²) in [4.78, 5) is 24.4. The minimum absolute atomic E-state index is 0.0109. The van der Waals surface area contributed by atoms with Crippen LogP contribution in [0.15, 0.2) is 23.0 Å². The second-order valence-electron chi connectivity index (χ2n) is 5.07. The molecule has 0 fully saturated rings. The molecule has 1 amide bonds. The van der Waals surface area contributed by atoms with E-state index < -0.39 is 0 Å². The number of nitrogens with one attached hydrogen (secondary N) is 1. The molecule has 0 aromatic carbocycles. The summed E-state index contributed by atoms with van der Waals surface area (Å²) in [5.41, 5.74) is 1.68. The summed E-state index contributed by atoms with van der Waals surface area (Å²) in [5.74, 6) is -0.129. The zero-order valence-corrected chi connectivity index (χ0v) is 13.7. The Balaban J connectivity index is 1.85. The van der Waals surface area contributed by atoms with Gasteiger partial charge in [-0.15, -0.1) is 5.10 Å². The second-order valence-corrected chi connectivity index (χ2v) is 5.82. The van der Waals surface area contributed by atoms with E-state index in [1.54, 1.807) is 16.7 Å². The normalized spacial score (nSPS) is 10.6. The Labute approximate surface area is 133 Å². The number of nitrogens with zero attached hydrogens (tertiary/aromatic N) is 3. The van der Waals surface area contributed by atoms with Gasteiger partial charge in [0.15, 0.2) is 0 Å². The summed E-state index contributed by atoms with van der Waals surface area (Å²) in [5, 5.41) is 6.86. The van der Waals surface area contributed by atoms with E-state index in [-0.39, 0.29) is 11.5 Å². The maximum Gasteiger partial charge on any atom is 0.264 e. The van der Waals surface area contributed by atoms with E-state index in [0.717, 1.165) is 35.8 Å². The Bertz CT molecular complexity index is 693. The summed E-state index contributed by atoms with van der Waals surface area (Å²) in [6, 6.07) is 5.20. The molecule has 0 atom stereocenters. The molecule has 0 saturated heterocycles. The predicted octanol–water partition coefficient (Wildman–Crippen LogP) is 1.78. The second kappa shape index (κ2) is 7.84. The Morgan fingerprint density at radius 1 is 1.41 bits per heavy atom. The molecular weight excluding hydrogens is 300 g/mol. The van der Waals surface area contributed by atoms with Gasteiger partial charge in [-0.3, -0.25) is 9.59 Å². The van der Waals surface area contributed by atoms with E-state index >= 15 is 0 Å². The molecule has 0 aliphatic carbocycles. The van der Waals surface area contributed by atoms with Crippen LogP contribution in [0.25, 0.3) is 0 Å². The maximum atomic E-state index is 12.1. The van der Waals surface area contributed by atoms with Gasteiger partial charge in [0.05, 0.1) is 5.69 Å². The summed E-state index contributed by atoms with van der Waals surface area (Å²) < 4.78 is 5.56. The third-order valence-electron chi connectivity index (χ3n) is 3.36. The highest BCUT2D eigenvalue weighted by atomic mass is 32.1. The van der Waals surface area contributed by atoms with Crippen molar-refractivity contribution in [3.63, 3.8) is 0 Å². The lowest BCUT2D eigenvalue weighted by atomic mass is 10.2. The number of carbonyl (C=O) groups excluding carboxylic acids is 1. The first kappa shape index (κ1) is 16.4. The standard InChI is InChI=1S/C15H20N4O2S/c1-3-6-12-14(22-18-17-12)15(21)16-9-5-10-19-11(2)7-4-8-13(19)20/h4,7-8H,3,5-6,9-10H2,1-2H3,(H,16,21). The number of hydrogen-bond donors (Lipinski definition) is 1. The lowest BCUT2D eigenvalue weighted by Gasteiger charge is -2.09.